The minimum Gasteiger partial charge on any atom is -0.496 e. The molecule has 0 bridgehead atoms. The average Bonchev–Trinajstić information content (AvgIpc) is 2.27. The van der Waals surface area contributed by atoms with E-state index in [0.29, 0.717) is 16.8 Å². The van der Waals surface area contributed by atoms with E-state index in [1.165, 1.54) is 13.2 Å². The van der Waals surface area contributed by atoms with Crippen molar-refractivity contribution in [2.45, 2.75) is 13.8 Å². The number of pyridine rings is 1. The Morgan fingerprint density at radius 3 is 2.62 bits per heavy atom. The number of fused-ring (bicyclic) bond motifs is 1. The molecule has 2 N–H and O–H groups in total. The van der Waals surface area contributed by atoms with Crippen LogP contribution in [0, 0.1) is 19.7 Å². The van der Waals surface area contributed by atoms with Crippen LogP contribution in [0.25, 0.3) is 10.9 Å². The highest BCUT2D eigenvalue weighted by molar-refractivity contribution is 5.97. The second-order valence-corrected chi connectivity index (χ2v) is 3.71. The number of methoxy groups -OCH3 is 1. The molecular formula is C12H13FN2O. The van der Waals surface area contributed by atoms with Crippen LogP contribution in [0.2, 0.25) is 0 Å². The van der Waals surface area contributed by atoms with Crippen LogP contribution < -0.4 is 10.5 Å². The third kappa shape index (κ3) is 1.38. The molecule has 0 amide bonds. The van der Waals surface area contributed by atoms with Gasteiger partial charge in [-0.05, 0) is 31.5 Å². The van der Waals surface area contributed by atoms with E-state index in [4.69, 9.17) is 10.5 Å². The van der Waals surface area contributed by atoms with Gasteiger partial charge in [0.2, 0.25) is 0 Å². The Balaban J connectivity index is 2.99. The normalized spacial score (nSPS) is 10.8. The Kier molecular flexibility index (Phi) is 2.42. The van der Waals surface area contributed by atoms with Crippen LogP contribution in [-0.2, 0) is 0 Å². The quantitative estimate of drug-likeness (QED) is 0.803. The fraction of sp³-hybridized carbons (Fsp3) is 0.250. The first-order chi connectivity index (χ1) is 7.56. The molecule has 1 heterocycles. The molecule has 0 aliphatic carbocycles. The van der Waals surface area contributed by atoms with Gasteiger partial charge in [-0.3, -0.25) is 0 Å². The molecule has 1 aromatic carbocycles. The number of ether oxygens (including phenoxy) is 1. The molecule has 2 aromatic rings. The van der Waals surface area contributed by atoms with E-state index < -0.39 is 0 Å². The molecular weight excluding hydrogens is 207 g/mol. The summed E-state index contributed by atoms with van der Waals surface area (Å²) in [5.74, 6) is 0.162. The molecule has 0 fully saturated rings. The van der Waals surface area contributed by atoms with E-state index in [1.807, 2.05) is 13.8 Å². The lowest BCUT2D eigenvalue weighted by Crippen LogP contribution is -2.00. The van der Waals surface area contributed by atoms with Crippen molar-refractivity contribution in [3.05, 3.63) is 29.2 Å². The Bertz CT molecular complexity index is 567. The maximum atomic E-state index is 13.6. The smallest absolute Gasteiger partial charge is 0.149 e. The minimum absolute atomic E-state index is 0.264. The van der Waals surface area contributed by atoms with Gasteiger partial charge in [-0.25, -0.2) is 9.37 Å². The number of anilines is 1. The van der Waals surface area contributed by atoms with Crippen molar-refractivity contribution in [2.24, 2.45) is 0 Å². The summed E-state index contributed by atoms with van der Waals surface area (Å²) in [6.45, 7) is 3.67. The molecule has 1 aromatic heterocycles. The second kappa shape index (κ2) is 3.63. The van der Waals surface area contributed by atoms with Gasteiger partial charge in [0.1, 0.15) is 17.1 Å². The summed E-state index contributed by atoms with van der Waals surface area (Å²) in [5, 5.41) is 0.547. The first-order valence-corrected chi connectivity index (χ1v) is 4.95. The summed E-state index contributed by atoms with van der Waals surface area (Å²) in [4.78, 5) is 4.21. The number of halogens is 1. The highest BCUT2D eigenvalue weighted by Gasteiger charge is 2.14. The van der Waals surface area contributed by atoms with Gasteiger partial charge in [-0.1, -0.05) is 0 Å². The average molecular weight is 220 g/mol. The number of nitrogens with zero attached hydrogens (tertiary/aromatic N) is 1. The third-order valence-corrected chi connectivity index (χ3v) is 2.81. The van der Waals surface area contributed by atoms with Gasteiger partial charge >= 0.3 is 0 Å². The zero-order chi connectivity index (χ0) is 11.9. The van der Waals surface area contributed by atoms with Gasteiger partial charge in [0.25, 0.3) is 0 Å². The first-order valence-electron chi connectivity index (χ1n) is 4.95. The summed E-state index contributed by atoms with van der Waals surface area (Å²) >= 11 is 0. The van der Waals surface area contributed by atoms with Crippen LogP contribution >= 0.6 is 0 Å². The van der Waals surface area contributed by atoms with Crippen LogP contribution in [-0.4, -0.2) is 12.1 Å². The molecule has 0 aliphatic heterocycles. The predicted molar refractivity (Wildman–Crippen MR) is 62.1 cm³/mol. The number of hydrogen-bond acceptors (Lipinski definition) is 3. The van der Waals surface area contributed by atoms with Gasteiger partial charge in [0, 0.05) is 11.4 Å². The zero-order valence-electron chi connectivity index (χ0n) is 9.47. The van der Waals surface area contributed by atoms with E-state index in [0.717, 1.165) is 11.3 Å². The maximum Gasteiger partial charge on any atom is 0.149 e. The van der Waals surface area contributed by atoms with Crippen molar-refractivity contribution in [2.75, 3.05) is 12.8 Å². The standard InChI is InChI=1S/C12H13FN2O/c1-6-7(2)15-12-8(13)4-5-9(16-3)10(12)11(6)14/h4-5H,1-3H3,(H2,14,15). The fourth-order valence-corrected chi connectivity index (χ4v) is 1.72. The van der Waals surface area contributed by atoms with Gasteiger partial charge in [0.05, 0.1) is 12.5 Å². The monoisotopic (exact) mass is 220 g/mol. The van der Waals surface area contributed by atoms with E-state index >= 15 is 0 Å². The second-order valence-electron chi connectivity index (χ2n) is 3.71. The highest BCUT2D eigenvalue weighted by Crippen LogP contribution is 2.33. The Labute approximate surface area is 93.0 Å². The van der Waals surface area contributed by atoms with E-state index in [9.17, 15) is 4.39 Å². The molecule has 0 saturated heterocycles. The van der Waals surface area contributed by atoms with E-state index in [2.05, 4.69) is 4.98 Å². The summed E-state index contributed by atoms with van der Waals surface area (Å²) in [5.41, 5.74) is 8.36. The number of hydrogen-bond donors (Lipinski definition) is 1. The van der Waals surface area contributed by atoms with Gasteiger partial charge in [0.15, 0.2) is 0 Å². The van der Waals surface area contributed by atoms with E-state index in [-0.39, 0.29) is 11.3 Å². The molecule has 4 heteroatoms. The van der Waals surface area contributed by atoms with Crippen molar-refractivity contribution in [1.29, 1.82) is 0 Å². The number of rotatable bonds is 1. The zero-order valence-corrected chi connectivity index (χ0v) is 9.47. The molecule has 2 rings (SSSR count). The van der Waals surface area contributed by atoms with Crippen molar-refractivity contribution < 1.29 is 9.13 Å². The molecule has 0 aliphatic rings. The lowest BCUT2D eigenvalue weighted by atomic mass is 10.1. The number of benzene rings is 1. The molecule has 0 saturated carbocycles. The number of aryl methyl sites for hydroxylation is 1. The van der Waals surface area contributed by atoms with Crippen molar-refractivity contribution in [3.63, 3.8) is 0 Å². The lowest BCUT2D eigenvalue weighted by molar-refractivity contribution is 0.419. The van der Waals surface area contributed by atoms with Crippen LogP contribution in [0.3, 0.4) is 0 Å². The molecule has 0 radical (unpaired) electrons. The molecule has 0 unspecified atom stereocenters. The topological polar surface area (TPSA) is 48.1 Å². The number of aromatic nitrogens is 1. The van der Waals surface area contributed by atoms with Crippen molar-refractivity contribution >= 4 is 16.6 Å². The number of nitrogens with two attached hydrogens (primary N) is 1. The Morgan fingerprint density at radius 2 is 2.00 bits per heavy atom. The molecule has 16 heavy (non-hydrogen) atoms. The number of nitrogen functional groups attached to an aromatic ring is 1. The first kappa shape index (κ1) is 10.7. The van der Waals surface area contributed by atoms with E-state index in [1.54, 1.807) is 6.07 Å². The Morgan fingerprint density at radius 1 is 1.31 bits per heavy atom. The molecule has 3 nitrogen and oxygen atoms in total. The van der Waals surface area contributed by atoms with Gasteiger partial charge < -0.3 is 10.5 Å². The summed E-state index contributed by atoms with van der Waals surface area (Å²) in [6.07, 6.45) is 0. The highest BCUT2D eigenvalue weighted by atomic mass is 19.1. The van der Waals surface area contributed by atoms with Crippen molar-refractivity contribution in [1.82, 2.24) is 4.98 Å². The van der Waals surface area contributed by atoms with Crippen LogP contribution in [0.5, 0.6) is 5.75 Å². The Hall–Kier alpha value is -1.84. The maximum absolute atomic E-state index is 13.6. The minimum atomic E-state index is -0.384. The van der Waals surface area contributed by atoms with Crippen LogP contribution in [0.1, 0.15) is 11.3 Å². The fourth-order valence-electron chi connectivity index (χ4n) is 1.72. The van der Waals surface area contributed by atoms with Gasteiger partial charge in [-0.2, -0.15) is 0 Å². The summed E-state index contributed by atoms with van der Waals surface area (Å²) < 4.78 is 18.8. The summed E-state index contributed by atoms with van der Waals surface area (Å²) in [6, 6.07) is 2.90. The van der Waals surface area contributed by atoms with Crippen LogP contribution in [0.4, 0.5) is 10.1 Å². The largest absolute Gasteiger partial charge is 0.496 e. The van der Waals surface area contributed by atoms with Crippen LogP contribution in [0.15, 0.2) is 12.1 Å². The lowest BCUT2D eigenvalue weighted by Gasteiger charge is -2.12. The predicted octanol–water partition coefficient (Wildman–Crippen LogP) is 2.58. The summed E-state index contributed by atoms with van der Waals surface area (Å²) in [7, 11) is 1.53. The van der Waals surface area contributed by atoms with Crippen molar-refractivity contribution in [3.8, 4) is 5.75 Å². The SMILES string of the molecule is COc1ccc(F)c2nc(C)c(C)c(N)c12. The molecule has 0 spiro atoms. The molecule has 84 valence electrons. The van der Waals surface area contributed by atoms with Gasteiger partial charge in [-0.15, -0.1) is 0 Å². The third-order valence-electron chi connectivity index (χ3n) is 2.81. The molecule has 0 atom stereocenters.